The zero-order valence-corrected chi connectivity index (χ0v) is 19.9. The highest BCUT2D eigenvalue weighted by Gasteiger charge is 2.32. The van der Waals surface area contributed by atoms with Gasteiger partial charge in [0.05, 0.1) is 15.8 Å². The van der Waals surface area contributed by atoms with Crippen molar-refractivity contribution >= 4 is 44.9 Å². The lowest BCUT2D eigenvalue weighted by Gasteiger charge is -2.28. The normalized spacial score (nSPS) is 14.7. The maximum absolute atomic E-state index is 12.8. The lowest BCUT2D eigenvalue weighted by molar-refractivity contribution is -0.160. The van der Waals surface area contributed by atoms with Crippen LogP contribution in [0.5, 0.6) is 0 Å². The number of halogens is 1. The van der Waals surface area contributed by atoms with E-state index in [4.69, 9.17) is 16.3 Å². The van der Waals surface area contributed by atoms with Gasteiger partial charge in [0.1, 0.15) is 0 Å². The van der Waals surface area contributed by atoms with Crippen LogP contribution in [0.25, 0.3) is 21.3 Å². The Bertz CT molecular complexity index is 1250. The molecule has 0 fully saturated rings. The summed E-state index contributed by atoms with van der Waals surface area (Å²) in [6.07, 6.45) is 2.43. The molecule has 166 valence electrons. The summed E-state index contributed by atoms with van der Waals surface area (Å²) in [5.41, 5.74) is 3.60. The Morgan fingerprint density at radius 2 is 1.88 bits per heavy atom. The zero-order valence-electron chi connectivity index (χ0n) is 18.4. The Labute approximate surface area is 195 Å². The molecule has 2 aromatic carbocycles. The van der Waals surface area contributed by atoms with Crippen molar-refractivity contribution in [1.82, 2.24) is 4.98 Å². The molecule has 0 bridgehead atoms. The number of hydrogen-bond donors (Lipinski definition) is 1. The Morgan fingerprint density at radius 3 is 2.41 bits per heavy atom. The first-order chi connectivity index (χ1) is 15.0. The number of aromatic nitrogens is 1. The number of ether oxygens (including phenoxy) is 1. The molecule has 1 heterocycles. The third-order valence-electron chi connectivity index (χ3n) is 5.31. The molecule has 1 aliphatic rings. The summed E-state index contributed by atoms with van der Waals surface area (Å²) < 4.78 is 6.77. The number of aryl methyl sites for hydroxylation is 1. The number of fused-ring (bicyclic) bond motifs is 1. The SMILES string of the molecule is Cc1cc2nc(C(=O)C3=CCC3)sc2c(-c2ccc(Cl)cc2)c1C(OC(C)(C)C)C(=O)O. The van der Waals surface area contributed by atoms with Crippen LogP contribution in [0.3, 0.4) is 0 Å². The monoisotopic (exact) mass is 469 g/mol. The summed E-state index contributed by atoms with van der Waals surface area (Å²) in [5, 5.41) is 11.1. The summed E-state index contributed by atoms with van der Waals surface area (Å²) in [6, 6.07) is 9.08. The number of ketones is 1. The van der Waals surface area contributed by atoms with Gasteiger partial charge in [-0.05, 0) is 75.4 Å². The third-order valence-corrected chi connectivity index (χ3v) is 6.65. The minimum Gasteiger partial charge on any atom is -0.479 e. The van der Waals surface area contributed by atoms with E-state index < -0.39 is 17.7 Å². The number of allylic oxidation sites excluding steroid dienone is 2. The second-order valence-corrected chi connectivity index (χ2v) is 10.3. The zero-order chi connectivity index (χ0) is 23.2. The molecule has 1 aliphatic carbocycles. The van der Waals surface area contributed by atoms with Gasteiger partial charge in [-0.2, -0.15) is 0 Å². The van der Waals surface area contributed by atoms with E-state index in [-0.39, 0.29) is 5.78 Å². The topological polar surface area (TPSA) is 76.5 Å². The number of carboxylic acids is 1. The van der Waals surface area contributed by atoms with E-state index in [0.717, 1.165) is 34.2 Å². The van der Waals surface area contributed by atoms with Crippen LogP contribution in [0, 0.1) is 6.92 Å². The van der Waals surface area contributed by atoms with Crippen molar-refractivity contribution in [1.29, 1.82) is 0 Å². The van der Waals surface area contributed by atoms with E-state index in [2.05, 4.69) is 4.98 Å². The predicted octanol–water partition coefficient (Wildman–Crippen LogP) is 6.77. The quantitative estimate of drug-likeness (QED) is 0.403. The van der Waals surface area contributed by atoms with Crippen molar-refractivity contribution in [3.63, 3.8) is 0 Å². The van der Waals surface area contributed by atoms with Crippen LogP contribution in [0.15, 0.2) is 42.0 Å². The van der Waals surface area contributed by atoms with E-state index in [9.17, 15) is 14.7 Å². The van der Waals surface area contributed by atoms with Crippen molar-refractivity contribution in [3.05, 3.63) is 63.1 Å². The van der Waals surface area contributed by atoms with Crippen molar-refractivity contribution in [2.75, 3.05) is 0 Å². The van der Waals surface area contributed by atoms with Crippen molar-refractivity contribution in [2.45, 2.75) is 52.2 Å². The van der Waals surface area contributed by atoms with E-state index in [1.165, 1.54) is 11.3 Å². The molecular formula is C25H24ClNO4S. The molecule has 0 radical (unpaired) electrons. The number of rotatable bonds is 6. The Balaban J connectivity index is 2.00. The van der Waals surface area contributed by atoms with Crippen LogP contribution < -0.4 is 0 Å². The molecule has 1 N–H and O–H groups in total. The lowest BCUT2D eigenvalue weighted by atomic mass is 9.91. The van der Waals surface area contributed by atoms with Crippen LogP contribution in [0.1, 0.15) is 60.6 Å². The number of carboxylic acid groups (broad SMARTS) is 1. The van der Waals surface area contributed by atoms with E-state index in [0.29, 0.717) is 26.7 Å². The standard InChI is InChI=1S/C25H24ClNO4S/c1-13-12-17-22(32-23(27-17)20(28)15-6-5-7-15)19(14-8-10-16(26)11-9-14)18(13)21(24(29)30)31-25(2,3)4/h6,8-12,21H,5,7H2,1-4H3,(H,29,30). The van der Waals surface area contributed by atoms with Crippen LogP contribution in [0.2, 0.25) is 5.02 Å². The first-order valence-electron chi connectivity index (χ1n) is 10.4. The number of benzene rings is 2. The molecule has 3 aromatic rings. The van der Waals surface area contributed by atoms with Gasteiger partial charge in [-0.25, -0.2) is 9.78 Å². The lowest BCUT2D eigenvalue weighted by Crippen LogP contribution is -2.28. The highest BCUT2D eigenvalue weighted by atomic mass is 35.5. The molecule has 7 heteroatoms. The smallest absolute Gasteiger partial charge is 0.337 e. The first kappa shape index (κ1) is 22.6. The van der Waals surface area contributed by atoms with Gasteiger partial charge >= 0.3 is 5.97 Å². The Morgan fingerprint density at radius 1 is 1.22 bits per heavy atom. The van der Waals surface area contributed by atoms with Crippen LogP contribution in [0.4, 0.5) is 0 Å². The van der Waals surface area contributed by atoms with E-state index >= 15 is 0 Å². The molecule has 1 aromatic heterocycles. The van der Waals surface area contributed by atoms with Gasteiger partial charge in [-0.1, -0.05) is 29.8 Å². The summed E-state index contributed by atoms with van der Waals surface area (Å²) in [6.45, 7) is 7.34. The van der Waals surface area contributed by atoms with Crippen LogP contribution >= 0.6 is 22.9 Å². The molecule has 1 atom stereocenters. The second-order valence-electron chi connectivity index (χ2n) is 8.90. The molecular weight excluding hydrogens is 446 g/mol. The highest BCUT2D eigenvalue weighted by molar-refractivity contribution is 7.21. The number of nitrogens with zero attached hydrogens (tertiary/aromatic N) is 1. The van der Waals surface area contributed by atoms with Gasteiger partial charge < -0.3 is 9.84 Å². The number of Topliss-reactive ketones (excluding diaryl/α,β-unsaturated/α-hetero) is 1. The molecule has 4 rings (SSSR count). The highest BCUT2D eigenvalue weighted by Crippen LogP contribution is 2.43. The fraction of sp³-hybridized carbons (Fsp3) is 0.320. The van der Waals surface area contributed by atoms with Gasteiger partial charge in [0.25, 0.3) is 0 Å². The van der Waals surface area contributed by atoms with Crippen molar-refractivity contribution < 1.29 is 19.4 Å². The van der Waals surface area contributed by atoms with Gasteiger partial charge in [0.2, 0.25) is 5.78 Å². The fourth-order valence-corrected chi connectivity index (χ4v) is 4.99. The number of thiazole rings is 1. The largest absolute Gasteiger partial charge is 0.479 e. The van der Waals surface area contributed by atoms with Gasteiger partial charge in [-0.15, -0.1) is 11.3 Å². The summed E-state index contributed by atoms with van der Waals surface area (Å²) in [4.78, 5) is 29.8. The predicted molar refractivity (Wildman–Crippen MR) is 128 cm³/mol. The van der Waals surface area contributed by atoms with Crippen molar-refractivity contribution in [2.24, 2.45) is 0 Å². The molecule has 0 spiro atoms. The summed E-state index contributed by atoms with van der Waals surface area (Å²) in [5.74, 6) is -1.13. The number of aliphatic carboxylic acids is 1. The van der Waals surface area contributed by atoms with Crippen molar-refractivity contribution in [3.8, 4) is 11.1 Å². The van der Waals surface area contributed by atoms with Gasteiger partial charge in [0, 0.05) is 16.1 Å². The second kappa shape index (κ2) is 8.43. The third kappa shape index (κ3) is 4.35. The maximum atomic E-state index is 12.8. The van der Waals surface area contributed by atoms with Crippen LogP contribution in [-0.2, 0) is 9.53 Å². The number of carbonyl (C=O) groups excluding carboxylic acids is 1. The first-order valence-corrected chi connectivity index (χ1v) is 11.6. The minimum atomic E-state index is -1.18. The Kier molecular flexibility index (Phi) is 5.96. The van der Waals surface area contributed by atoms with Gasteiger partial charge in [0.15, 0.2) is 11.1 Å². The van der Waals surface area contributed by atoms with Crippen LogP contribution in [-0.4, -0.2) is 27.4 Å². The maximum Gasteiger partial charge on any atom is 0.337 e. The summed E-state index contributed by atoms with van der Waals surface area (Å²) in [7, 11) is 0. The molecule has 32 heavy (non-hydrogen) atoms. The molecule has 0 aliphatic heterocycles. The van der Waals surface area contributed by atoms with E-state index in [1.54, 1.807) is 12.1 Å². The molecule has 1 unspecified atom stereocenters. The molecule has 0 saturated carbocycles. The summed E-state index contributed by atoms with van der Waals surface area (Å²) >= 11 is 7.41. The molecule has 0 amide bonds. The number of carbonyl (C=O) groups is 2. The van der Waals surface area contributed by atoms with E-state index in [1.807, 2.05) is 52.0 Å². The fourth-order valence-electron chi connectivity index (χ4n) is 3.77. The molecule has 5 nitrogen and oxygen atoms in total. The Hall–Kier alpha value is -2.54. The minimum absolute atomic E-state index is 0.0561. The average molecular weight is 470 g/mol. The van der Waals surface area contributed by atoms with Gasteiger partial charge in [-0.3, -0.25) is 4.79 Å². The average Bonchev–Trinajstić information content (AvgIpc) is 3.07. The number of hydrogen-bond acceptors (Lipinski definition) is 5. The molecule has 0 saturated heterocycles.